The highest BCUT2D eigenvalue weighted by molar-refractivity contribution is 5.64. The zero-order valence-electron chi connectivity index (χ0n) is 12.7. The normalized spacial score (nSPS) is 14.5. The fourth-order valence-corrected chi connectivity index (χ4v) is 2.69. The molecular formula is C16H21FN4. The number of para-hydroxylation sites is 1. The van der Waals surface area contributed by atoms with E-state index in [1.54, 1.807) is 12.1 Å². The molecule has 5 heteroatoms. The van der Waals surface area contributed by atoms with Crippen LogP contribution in [0, 0.1) is 12.7 Å². The Morgan fingerprint density at radius 3 is 2.76 bits per heavy atom. The van der Waals surface area contributed by atoms with Crippen LogP contribution in [0.4, 0.5) is 15.9 Å². The summed E-state index contributed by atoms with van der Waals surface area (Å²) in [5, 5.41) is 8.01. The molecule has 1 aliphatic carbocycles. The molecule has 0 amide bonds. The summed E-state index contributed by atoms with van der Waals surface area (Å²) in [6.45, 7) is 2.78. The van der Waals surface area contributed by atoms with Crippen molar-refractivity contribution in [1.82, 2.24) is 15.1 Å². The molecule has 1 N–H and O–H groups in total. The predicted molar refractivity (Wildman–Crippen MR) is 82.3 cm³/mol. The molecule has 1 saturated carbocycles. The van der Waals surface area contributed by atoms with Gasteiger partial charge in [-0.05, 0) is 31.9 Å². The number of benzene rings is 1. The molecule has 2 aromatic rings. The lowest BCUT2D eigenvalue weighted by molar-refractivity contribution is 0.625. The molecule has 1 fully saturated rings. The van der Waals surface area contributed by atoms with Crippen LogP contribution in [-0.2, 0) is 13.6 Å². The lowest BCUT2D eigenvalue weighted by Crippen LogP contribution is -2.20. The van der Waals surface area contributed by atoms with Crippen LogP contribution in [0.3, 0.4) is 0 Å². The van der Waals surface area contributed by atoms with E-state index in [1.807, 2.05) is 36.7 Å². The van der Waals surface area contributed by atoms with Gasteiger partial charge in [-0.15, -0.1) is 0 Å². The third kappa shape index (κ3) is 2.78. The van der Waals surface area contributed by atoms with E-state index in [0.29, 0.717) is 11.7 Å². The van der Waals surface area contributed by atoms with Crippen LogP contribution in [0.15, 0.2) is 24.3 Å². The summed E-state index contributed by atoms with van der Waals surface area (Å²) in [7, 11) is 3.79. The highest BCUT2D eigenvalue weighted by Gasteiger charge is 2.24. The van der Waals surface area contributed by atoms with E-state index in [2.05, 4.69) is 10.4 Å². The predicted octanol–water partition coefficient (Wildman–Crippen LogP) is 2.89. The Kier molecular flexibility index (Phi) is 3.68. The number of aryl methyl sites for hydroxylation is 2. The van der Waals surface area contributed by atoms with Crippen molar-refractivity contribution in [1.29, 1.82) is 0 Å². The number of halogens is 1. The molecule has 0 bridgehead atoms. The van der Waals surface area contributed by atoms with Gasteiger partial charge in [-0.1, -0.05) is 12.1 Å². The maximum absolute atomic E-state index is 14.0. The molecule has 0 radical (unpaired) electrons. The first-order valence-electron chi connectivity index (χ1n) is 7.32. The van der Waals surface area contributed by atoms with Crippen LogP contribution in [0.25, 0.3) is 0 Å². The first kappa shape index (κ1) is 14.1. The molecule has 1 aromatic heterocycles. The molecule has 0 aliphatic heterocycles. The fourth-order valence-electron chi connectivity index (χ4n) is 2.69. The molecule has 0 saturated heterocycles. The number of nitrogens with zero attached hydrogens (tertiary/aromatic N) is 3. The average Bonchev–Trinajstić information content (AvgIpc) is 3.22. The maximum Gasteiger partial charge on any atom is 0.146 e. The Morgan fingerprint density at radius 1 is 1.38 bits per heavy atom. The monoisotopic (exact) mass is 288 g/mol. The number of anilines is 2. The molecule has 3 rings (SSSR count). The van der Waals surface area contributed by atoms with Crippen LogP contribution < -0.4 is 10.2 Å². The lowest BCUT2D eigenvalue weighted by atomic mass is 10.2. The zero-order valence-corrected chi connectivity index (χ0v) is 12.7. The Balaban J connectivity index is 1.94. The lowest BCUT2D eigenvalue weighted by Gasteiger charge is -2.22. The molecular weight excluding hydrogens is 267 g/mol. The van der Waals surface area contributed by atoms with E-state index in [0.717, 1.165) is 23.6 Å². The molecule has 1 heterocycles. The quantitative estimate of drug-likeness (QED) is 0.918. The zero-order chi connectivity index (χ0) is 15.0. The second kappa shape index (κ2) is 5.48. The summed E-state index contributed by atoms with van der Waals surface area (Å²) in [6.07, 6.45) is 2.50. The van der Waals surface area contributed by atoms with Gasteiger partial charge in [0.25, 0.3) is 0 Å². The second-order valence-corrected chi connectivity index (χ2v) is 5.68. The van der Waals surface area contributed by atoms with Gasteiger partial charge >= 0.3 is 0 Å². The summed E-state index contributed by atoms with van der Waals surface area (Å²) >= 11 is 0. The average molecular weight is 288 g/mol. The first-order valence-corrected chi connectivity index (χ1v) is 7.32. The summed E-state index contributed by atoms with van der Waals surface area (Å²) in [5.41, 5.74) is 2.69. The Morgan fingerprint density at radius 2 is 2.10 bits per heavy atom. The van der Waals surface area contributed by atoms with Gasteiger partial charge in [0, 0.05) is 32.2 Å². The Labute approximate surface area is 124 Å². The van der Waals surface area contributed by atoms with Crippen LogP contribution >= 0.6 is 0 Å². The van der Waals surface area contributed by atoms with Crippen molar-refractivity contribution in [3.05, 3.63) is 41.3 Å². The van der Waals surface area contributed by atoms with Gasteiger partial charge < -0.3 is 10.2 Å². The third-order valence-corrected chi connectivity index (χ3v) is 3.99. The summed E-state index contributed by atoms with van der Waals surface area (Å²) < 4.78 is 15.9. The van der Waals surface area contributed by atoms with E-state index in [4.69, 9.17) is 0 Å². The van der Waals surface area contributed by atoms with Gasteiger partial charge in [-0.2, -0.15) is 5.10 Å². The summed E-state index contributed by atoms with van der Waals surface area (Å²) in [6, 6.07) is 7.46. The standard InChI is InChI=1S/C16H21FN4/c1-11-13(10-18-12-8-9-12)16(21(3)19-11)20(2)15-7-5-4-6-14(15)17/h4-7,12,18H,8-10H2,1-3H3. The van der Waals surface area contributed by atoms with E-state index in [1.165, 1.54) is 18.9 Å². The highest BCUT2D eigenvalue weighted by atomic mass is 19.1. The van der Waals surface area contributed by atoms with Gasteiger partial charge in [0.05, 0.1) is 11.4 Å². The Hall–Kier alpha value is -1.88. The second-order valence-electron chi connectivity index (χ2n) is 5.68. The number of hydrogen-bond acceptors (Lipinski definition) is 3. The highest BCUT2D eigenvalue weighted by Crippen LogP contribution is 2.31. The van der Waals surface area contributed by atoms with Crippen LogP contribution in [0.1, 0.15) is 24.1 Å². The minimum atomic E-state index is -0.222. The molecule has 1 aromatic carbocycles. The molecule has 112 valence electrons. The van der Waals surface area contributed by atoms with Crippen LogP contribution in [0.2, 0.25) is 0 Å². The number of rotatable bonds is 5. The number of hydrogen-bond donors (Lipinski definition) is 1. The van der Waals surface area contributed by atoms with Gasteiger partial charge in [0.2, 0.25) is 0 Å². The van der Waals surface area contributed by atoms with Crippen LogP contribution in [0.5, 0.6) is 0 Å². The summed E-state index contributed by atoms with van der Waals surface area (Å²) in [4.78, 5) is 1.87. The van der Waals surface area contributed by atoms with Crippen molar-refractivity contribution >= 4 is 11.5 Å². The maximum atomic E-state index is 14.0. The molecule has 0 unspecified atom stereocenters. The molecule has 0 atom stereocenters. The number of nitrogens with one attached hydrogen (secondary N) is 1. The molecule has 1 aliphatic rings. The fraction of sp³-hybridized carbons (Fsp3) is 0.438. The van der Waals surface area contributed by atoms with Crippen molar-refractivity contribution in [3.8, 4) is 0 Å². The van der Waals surface area contributed by atoms with Gasteiger partial charge in [0.15, 0.2) is 0 Å². The van der Waals surface area contributed by atoms with Crippen LogP contribution in [-0.4, -0.2) is 22.9 Å². The van der Waals surface area contributed by atoms with Crippen molar-refractivity contribution in [2.75, 3.05) is 11.9 Å². The van der Waals surface area contributed by atoms with E-state index >= 15 is 0 Å². The van der Waals surface area contributed by atoms with Gasteiger partial charge in [-0.3, -0.25) is 4.68 Å². The van der Waals surface area contributed by atoms with Crippen molar-refractivity contribution < 1.29 is 4.39 Å². The van der Waals surface area contributed by atoms with E-state index in [9.17, 15) is 4.39 Å². The largest absolute Gasteiger partial charge is 0.327 e. The van der Waals surface area contributed by atoms with E-state index in [-0.39, 0.29) is 5.82 Å². The minimum absolute atomic E-state index is 0.222. The summed E-state index contributed by atoms with van der Waals surface area (Å²) in [5.74, 6) is 0.714. The first-order chi connectivity index (χ1) is 10.1. The Bertz CT molecular complexity index is 646. The molecule has 0 spiro atoms. The van der Waals surface area contributed by atoms with E-state index < -0.39 is 0 Å². The molecule has 4 nitrogen and oxygen atoms in total. The van der Waals surface area contributed by atoms with Crippen molar-refractivity contribution in [3.63, 3.8) is 0 Å². The SMILES string of the molecule is Cc1nn(C)c(N(C)c2ccccc2F)c1CNC1CC1. The smallest absolute Gasteiger partial charge is 0.146 e. The topological polar surface area (TPSA) is 33.1 Å². The number of aromatic nitrogens is 2. The molecule has 21 heavy (non-hydrogen) atoms. The van der Waals surface area contributed by atoms with Gasteiger partial charge in [0.1, 0.15) is 11.6 Å². The van der Waals surface area contributed by atoms with Crippen molar-refractivity contribution in [2.24, 2.45) is 7.05 Å². The minimum Gasteiger partial charge on any atom is -0.327 e. The van der Waals surface area contributed by atoms with Gasteiger partial charge in [-0.25, -0.2) is 4.39 Å². The van der Waals surface area contributed by atoms with Crippen molar-refractivity contribution in [2.45, 2.75) is 32.4 Å². The third-order valence-electron chi connectivity index (χ3n) is 3.99.